The number of hydrogen-bond donors (Lipinski definition) is 1. The third kappa shape index (κ3) is 3.75. The highest BCUT2D eigenvalue weighted by Gasteiger charge is 2.24. The number of amides is 1. The highest BCUT2D eigenvalue weighted by atomic mass is 16.6. The molecule has 2 aromatic rings. The average Bonchev–Trinajstić information content (AvgIpc) is 2.46. The van der Waals surface area contributed by atoms with Gasteiger partial charge in [0.25, 0.3) is 5.78 Å². The van der Waals surface area contributed by atoms with E-state index in [1.807, 2.05) is 42.5 Å². The molecule has 0 unspecified atom stereocenters. The van der Waals surface area contributed by atoms with Crippen LogP contribution in [-0.2, 0) is 16.0 Å². The van der Waals surface area contributed by atoms with Gasteiger partial charge in [0.2, 0.25) is 0 Å². The molecule has 0 aromatic heterocycles. The zero-order chi connectivity index (χ0) is 15.2. The van der Waals surface area contributed by atoms with Gasteiger partial charge in [-0.25, -0.2) is 4.79 Å². The summed E-state index contributed by atoms with van der Waals surface area (Å²) in [5.41, 5.74) is 14.2. The van der Waals surface area contributed by atoms with E-state index in [0.717, 1.165) is 16.3 Å². The highest BCUT2D eigenvalue weighted by molar-refractivity contribution is 6.27. The number of benzene rings is 2. The van der Waals surface area contributed by atoms with Gasteiger partial charge in [-0.05, 0) is 16.3 Å². The molecule has 106 valence electrons. The number of carbonyl (C=O) groups is 2. The summed E-state index contributed by atoms with van der Waals surface area (Å²) in [5, 5.41) is 2.08. The number of carbonyl (C=O) groups excluding carboxylic acids is 2. The second kappa shape index (κ2) is 6.45. The minimum atomic E-state index is -1.11. The first kappa shape index (κ1) is 14.4. The smallest absolute Gasteiger partial charge is 0.405 e. The molecule has 0 bridgehead atoms. The van der Waals surface area contributed by atoms with Crippen LogP contribution >= 0.6 is 0 Å². The standard InChI is InChI=1S/C15H13N3O3/c16-15(20)21-14(13(19)9-18-17)8-10-5-6-11-3-1-2-4-12(11)7-10/h1-7,9,14H,8H2,(H2,16,20)/t14-/m0/s1. The first-order valence-corrected chi connectivity index (χ1v) is 6.25. The van der Waals surface area contributed by atoms with E-state index in [0.29, 0.717) is 6.21 Å². The van der Waals surface area contributed by atoms with Crippen LogP contribution in [0.25, 0.3) is 16.3 Å². The molecule has 2 aromatic carbocycles. The fourth-order valence-corrected chi connectivity index (χ4v) is 2.06. The number of ether oxygens (including phenoxy) is 1. The van der Waals surface area contributed by atoms with Crippen molar-refractivity contribution in [2.75, 3.05) is 0 Å². The van der Waals surface area contributed by atoms with Crippen LogP contribution in [0.1, 0.15) is 5.56 Å². The van der Waals surface area contributed by atoms with E-state index < -0.39 is 18.0 Å². The molecule has 21 heavy (non-hydrogen) atoms. The first-order valence-electron chi connectivity index (χ1n) is 6.25. The maximum atomic E-state index is 11.7. The highest BCUT2D eigenvalue weighted by Crippen LogP contribution is 2.17. The summed E-state index contributed by atoms with van der Waals surface area (Å²) in [6.07, 6.45) is -1.33. The van der Waals surface area contributed by atoms with Gasteiger partial charge in [0.1, 0.15) is 0 Å². The number of nitrogens with two attached hydrogens (primary N) is 1. The van der Waals surface area contributed by atoms with E-state index >= 15 is 0 Å². The summed E-state index contributed by atoms with van der Waals surface area (Å²) in [6.45, 7) is 0. The van der Waals surface area contributed by atoms with E-state index in [1.165, 1.54) is 0 Å². The quantitative estimate of drug-likeness (QED) is 0.513. The molecule has 0 saturated heterocycles. The molecule has 0 aliphatic carbocycles. The van der Waals surface area contributed by atoms with Crippen molar-refractivity contribution in [2.24, 2.45) is 5.73 Å². The average molecular weight is 283 g/mol. The van der Waals surface area contributed by atoms with Gasteiger partial charge in [0, 0.05) is 6.42 Å². The van der Waals surface area contributed by atoms with Crippen molar-refractivity contribution in [1.82, 2.24) is 0 Å². The predicted octanol–water partition coefficient (Wildman–Crippen LogP) is 1.72. The minimum Gasteiger partial charge on any atom is -0.437 e. The Balaban J connectivity index is 2.26. The Labute approximate surface area is 120 Å². The lowest BCUT2D eigenvalue weighted by Gasteiger charge is -2.12. The van der Waals surface area contributed by atoms with Gasteiger partial charge in [-0.1, -0.05) is 42.5 Å². The molecular weight excluding hydrogens is 270 g/mol. The molecule has 0 aliphatic heterocycles. The monoisotopic (exact) mass is 283 g/mol. The summed E-state index contributed by atoms with van der Waals surface area (Å²) in [5.74, 6) is -0.635. The fraction of sp³-hybridized carbons (Fsp3) is 0.133. The number of nitrogens with zero attached hydrogens (tertiary/aromatic N) is 2. The van der Waals surface area contributed by atoms with Crippen LogP contribution < -0.4 is 5.73 Å². The molecule has 1 atom stereocenters. The molecule has 0 heterocycles. The Kier molecular flexibility index (Phi) is 4.43. The molecule has 0 saturated carbocycles. The predicted molar refractivity (Wildman–Crippen MR) is 76.8 cm³/mol. The molecular formula is C15H13N3O3. The normalized spacial score (nSPS) is 11.4. The summed E-state index contributed by atoms with van der Waals surface area (Å²) < 4.78 is 4.77. The topological polar surface area (TPSA) is 106 Å². The van der Waals surface area contributed by atoms with Gasteiger partial charge in [-0.2, -0.15) is 4.79 Å². The van der Waals surface area contributed by atoms with Crippen molar-refractivity contribution in [2.45, 2.75) is 12.5 Å². The zero-order valence-corrected chi connectivity index (χ0v) is 11.1. The fourth-order valence-electron chi connectivity index (χ4n) is 2.06. The lowest BCUT2D eigenvalue weighted by Crippen LogP contribution is -2.32. The van der Waals surface area contributed by atoms with Crippen LogP contribution in [-0.4, -0.2) is 29.0 Å². The van der Waals surface area contributed by atoms with E-state index in [2.05, 4.69) is 4.79 Å². The SMILES string of the molecule is [N-]=[N+]=CC(=O)[C@H](Cc1ccc2ccccc2c1)OC(N)=O. The summed E-state index contributed by atoms with van der Waals surface area (Å²) in [7, 11) is 0. The second-order valence-electron chi connectivity index (χ2n) is 4.46. The summed E-state index contributed by atoms with van der Waals surface area (Å²) >= 11 is 0. The van der Waals surface area contributed by atoms with Crippen LogP contribution in [0.4, 0.5) is 4.79 Å². The maximum absolute atomic E-state index is 11.7. The molecule has 6 nitrogen and oxygen atoms in total. The molecule has 0 fully saturated rings. The lowest BCUT2D eigenvalue weighted by atomic mass is 10.0. The summed E-state index contributed by atoms with van der Waals surface area (Å²) in [6, 6.07) is 13.4. The number of hydrogen-bond acceptors (Lipinski definition) is 3. The number of primary amides is 1. The Morgan fingerprint density at radius 1 is 1.24 bits per heavy atom. The van der Waals surface area contributed by atoms with Crippen LogP contribution in [0.3, 0.4) is 0 Å². The maximum Gasteiger partial charge on any atom is 0.405 e. The number of rotatable bonds is 5. The van der Waals surface area contributed by atoms with Crippen molar-refractivity contribution >= 4 is 28.9 Å². The lowest BCUT2D eigenvalue weighted by molar-refractivity contribution is -0.123. The Hall–Kier alpha value is -2.98. The largest absolute Gasteiger partial charge is 0.437 e. The van der Waals surface area contributed by atoms with Crippen LogP contribution in [0.15, 0.2) is 42.5 Å². The third-order valence-corrected chi connectivity index (χ3v) is 3.00. The van der Waals surface area contributed by atoms with Crippen molar-refractivity contribution in [3.8, 4) is 0 Å². The molecule has 2 N–H and O–H groups in total. The van der Waals surface area contributed by atoms with Gasteiger partial charge < -0.3 is 16.0 Å². The zero-order valence-electron chi connectivity index (χ0n) is 11.1. The van der Waals surface area contributed by atoms with Crippen LogP contribution in [0.5, 0.6) is 0 Å². The van der Waals surface area contributed by atoms with Crippen molar-refractivity contribution in [1.29, 1.82) is 0 Å². The Morgan fingerprint density at radius 2 is 1.95 bits per heavy atom. The molecule has 2 rings (SSSR count). The Bertz CT molecular complexity index is 736. The van der Waals surface area contributed by atoms with Gasteiger partial charge in [0.05, 0.1) is 0 Å². The third-order valence-electron chi connectivity index (χ3n) is 3.00. The minimum absolute atomic E-state index is 0.151. The molecule has 0 radical (unpaired) electrons. The summed E-state index contributed by atoms with van der Waals surface area (Å²) in [4.78, 5) is 25.2. The van der Waals surface area contributed by atoms with Crippen molar-refractivity contribution in [3.63, 3.8) is 0 Å². The Morgan fingerprint density at radius 3 is 2.62 bits per heavy atom. The van der Waals surface area contributed by atoms with E-state index in [4.69, 9.17) is 16.0 Å². The van der Waals surface area contributed by atoms with Crippen LogP contribution in [0.2, 0.25) is 0 Å². The van der Waals surface area contributed by atoms with Crippen molar-refractivity contribution < 1.29 is 19.1 Å². The van der Waals surface area contributed by atoms with E-state index in [-0.39, 0.29) is 6.42 Å². The van der Waals surface area contributed by atoms with Gasteiger partial charge in [-0.3, -0.25) is 4.79 Å². The van der Waals surface area contributed by atoms with E-state index in [9.17, 15) is 9.59 Å². The van der Waals surface area contributed by atoms with E-state index in [1.54, 1.807) is 0 Å². The molecule has 6 heteroatoms. The van der Waals surface area contributed by atoms with Gasteiger partial charge in [0.15, 0.2) is 6.10 Å². The first-order chi connectivity index (χ1) is 10.1. The number of ketones is 1. The number of Topliss-reactive ketones (excluding diaryl/α,β-unsaturated/α-hetero) is 1. The molecule has 1 amide bonds. The van der Waals surface area contributed by atoms with Crippen molar-refractivity contribution in [3.05, 3.63) is 53.6 Å². The van der Waals surface area contributed by atoms with Gasteiger partial charge >= 0.3 is 12.3 Å². The number of fused-ring (bicyclic) bond motifs is 1. The molecule has 0 spiro atoms. The van der Waals surface area contributed by atoms with Gasteiger partial charge in [-0.15, -0.1) is 0 Å². The molecule has 0 aliphatic rings. The van der Waals surface area contributed by atoms with Crippen LogP contribution in [0, 0.1) is 0 Å². The second-order valence-corrected chi connectivity index (χ2v) is 4.46.